The normalized spacial score (nSPS) is 20.5. The van der Waals surface area contributed by atoms with Gasteiger partial charge in [-0.05, 0) is 49.1 Å². The maximum Gasteiger partial charge on any atom is 0.328 e. The van der Waals surface area contributed by atoms with Crippen molar-refractivity contribution in [2.24, 2.45) is 11.3 Å². The molecular weight excluding hydrogens is 446 g/mol. The highest BCUT2D eigenvalue weighted by molar-refractivity contribution is 5.88. The van der Waals surface area contributed by atoms with Crippen LogP contribution >= 0.6 is 0 Å². The van der Waals surface area contributed by atoms with Crippen LogP contribution in [0, 0.1) is 11.3 Å². The third-order valence-corrected chi connectivity index (χ3v) is 6.71. The number of nitrogens with one attached hydrogen (secondary N) is 1. The lowest BCUT2D eigenvalue weighted by atomic mass is 9.70. The van der Waals surface area contributed by atoms with Crippen LogP contribution in [0.3, 0.4) is 0 Å². The molecule has 35 heavy (non-hydrogen) atoms. The summed E-state index contributed by atoms with van der Waals surface area (Å²) in [6, 6.07) is 17.5. The average Bonchev–Trinajstić information content (AvgIpc) is 2.90. The monoisotopic (exact) mass is 481 g/mol. The first-order valence-electron chi connectivity index (χ1n) is 12.2. The van der Waals surface area contributed by atoms with Crippen LogP contribution in [0.25, 0.3) is 0 Å². The van der Waals surface area contributed by atoms with E-state index in [-0.39, 0.29) is 38.6 Å². The summed E-state index contributed by atoms with van der Waals surface area (Å²) in [7, 11) is 0. The number of rotatable bonds is 11. The minimum Gasteiger partial charge on any atom is -0.461 e. The van der Waals surface area contributed by atoms with Crippen molar-refractivity contribution < 1.29 is 29.0 Å². The first-order chi connectivity index (χ1) is 16.9. The van der Waals surface area contributed by atoms with Gasteiger partial charge in [-0.25, -0.2) is 4.79 Å². The molecule has 1 amide bonds. The van der Waals surface area contributed by atoms with E-state index in [0.717, 1.165) is 24.0 Å². The fraction of sp³-hybridized carbons (Fsp3) is 0.464. The molecule has 2 N–H and O–H groups in total. The molecule has 0 spiro atoms. The number of carbonyl (C=O) groups is 3. The van der Waals surface area contributed by atoms with E-state index in [1.807, 2.05) is 60.7 Å². The number of aliphatic hydroxyl groups is 1. The number of hydrogen-bond donors (Lipinski definition) is 2. The summed E-state index contributed by atoms with van der Waals surface area (Å²) >= 11 is 0. The number of carbonyl (C=O) groups excluding carboxylic acids is 3. The fourth-order valence-electron chi connectivity index (χ4n) is 4.23. The van der Waals surface area contributed by atoms with Crippen molar-refractivity contribution in [1.82, 2.24) is 5.32 Å². The molecule has 7 nitrogen and oxygen atoms in total. The zero-order chi connectivity index (χ0) is 25.1. The summed E-state index contributed by atoms with van der Waals surface area (Å²) in [4.78, 5) is 38.5. The lowest BCUT2D eigenvalue weighted by molar-refractivity contribution is -0.152. The molecule has 188 valence electrons. The fourth-order valence-corrected chi connectivity index (χ4v) is 4.23. The van der Waals surface area contributed by atoms with Crippen molar-refractivity contribution in [3.05, 3.63) is 71.8 Å². The van der Waals surface area contributed by atoms with Crippen LogP contribution in [-0.2, 0) is 37.1 Å². The average molecular weight is 482 g/mol. The first-order valence-corrected chi connectivity index (χ1v) is 12.2. The third-order valence-electron chi connectivity index (χ3n) is 6.71. The van der Waals surface area contributed by atoms with Crippen molar-refractivity contribution in [3.8, 4) is 0 Å². The summed E-state index contributed by atoms with van der Waals surface area (Å²) in [6.45, 7) is 2.05. The van der Waals surface area contributed by atoms with Gasteiger partial charge >= 0.3 is 11.9 Å². The first kappa shape index (κ1) is 26.4. The van der Waals surface area contributed by atoms with Crippen LogP contribution in [-0.4, -0.2) is 35.6 Å². The highest BCUT2D eigenvalue weighted by Gasteiger charge is 2.42. The van der Waals surface area contributed by atoms with E-state index >= 15 is 0 Å². The molecule has 7 heteroatoms. The number of benzene rings is 2. The van der Waals surface area contributed by atoms with Gasteiger partial charge in [-0.1, -0.05) is 67.6 Å². The van der Waals surface area contributed by atoms with Gasteiger partial charge in [0.05, 0.1) is 12.0 Å². The Labute approximate surface area is 206 Å². The van der Waals surface area contributed by atoms with E-state index < -0.39 is 23.4 Å². The lowest BCUT2D eigenvalue weighted by Crippen LogP contribution is -2.51. The molecule has 0 bridgehead atoms. The zero-order valence-corrected chi connectivity index (χ0v) is 20.3. The number of ether oxygens (including phenoxy) is 2. The van der Waals surface area contributed by atoms with Crippen LogP contribution in [0.1, 0.15) is 56.6 Å². The van der Waals surface area contributed by atoms with Crippen LogP contribution < -0.4 is 5.32 Å². The molecule has 0 unspecified atom stereocenters. The van der Waals surface area contributed by atoms with E-state index in [4.69, 9.17) is 9.47 Å². The van der Waals surface area contributed by atoms with Crippen molar-refractivity contribution in [2.45, 2.75) is 64.7 Å². The number of aliphatic hydroxyl groups excluding tert-OH is 1. The second-order valence-electron chi connectivity index (χ2n) is 9.43. The molecule has 0 saturated heterocycles. The van der Waals surface area contributed by atoms with E-state index in [1.54, 1.807) is 0 Å². The van der Waals surface area contributed by atoms with Gasteiger partial charge in [0.2, 0.25) is 5.91 Å². The SMILES string of the molecule is CC1CCC(CO)(C(=O)N[C@@H](CCC(=O)OCc2ccccc2)C(=O)OCc2ccccc2)CC1. The molecular formula is C28H35NO6. The van der Waals surface area contributed by atoms with Crippen LogP contribution in [0.4, 0.5) is 0 Å². The predicted molar refractivity (Wildman–Crippen MR) is 131 cm³/mol. The van der Waals surface area contributed by atoms with Gasteiger partial charge in [0, 0.05) is 6.42 Å². The molecule has 0 aromatic heterocycles. The molecule has 0 radical (unpaired) electrons. The highest BCUT2D eigenvalue weighted by atomic mass is 16.5. The number of esters is 2. The van der Waals surface area contributed by atoms with E-state index in [2.05, 4.69) is 12.2 Å². The molecule has 1 fully saturated rings. The Kier molecular flexibility index (Phi) is 9.85. The van der Waals surface area contributed by atoms with Crippen molar-refractivity contribution in [3.63, 3.8) is 0 Å². The molecule has 1 aliphatic carbocycles. The standard InChI is InChI=1S/C28H35NO6/c1-21-14-16-28(20-30,17-15-21)27(33)29-24(26(32)35-19-23-10-6-3-7-11-23)12-13-25(31)34-18-22-8-4-2-5-9-22/h2-11,21,24,30H,12-20H2,1H3,(H,29,33)/t21?,24-,28?/m0/s1. The Morgan fingerprint density at radius 3 is 2.03 bits per heavy atom. The largest absolute Gasteiger partial charge is 0.461 e. The van der Waals surface area contributed by atoms with Crippen molar-refractivity contribution >= 4 is 17.8 Å². The minimum absolute atomic E-state index is 0.0465. The smallest absolute Gasteiger partial charge is 0.328 e. The van der Waals surface area contributed by atoms with Crippen LogP contribution in [0.15, 0.2) is 60.7 Å². The van der Waals surface area contributed by atoms with Crippen LogP contribution in [0.5, 0.6) is 0 Å². The number of hydrogen-bond acceptors (Lipinski definition) is 6. The van der Waals surface area contributed by atoms with Crippen LogP contribution in [0.2, 0.25) is 0 Å². The molecule has 1 aliphatic rings. The van der Waals surface area contributed by atoms with Gasteiger partial charge in [-0.15, -0.1) is 0 Å². The maximum atomic E-state index is 13.2. The summed E-state index contributed by atoms with van der Waals surface area (Å²) in [5.74, 6) is -0.956. The summed E-state index contributed by atoms with van der Waals surface area (Å²) < 4.78 is 10.8. The van der Waals surface area contributed by atoms with E-state index in [0.29, 0.717) is 18.8 Å². The quantitative estimate of drug-likeness (QED) is 0.472. The summed E-state index contributed by atoms with van der Waals surface area (Å²) in [5.41, 5.74) is 0.767. The third kappa shape index (κ3) is 7.92. The molecule has 3 rings (SSSR count). The molecule has 0 aliphatic heterocycles. The second kappa shape index (κ2) is 13.0. The lowest BCUT2D eigenvalue weighted by Gasteiger charge is -2.37. The maximum absolute atomic E-state index is 13.2. The Bertz CT molecular complexity index is 954. The van der Waals surface area contributed by atoms with Gasteiger partial charge in [0.1, 0.15) is 19.3 Å². The Hall–Kier alpha value is -3.19. The Morgan fingerprint density at radius 1 is 0.943 bits per heavy atom. The minimum atomic E-state index is -1.02. The van der Waals surface area contributed by atoms with Gasteiger partial charge < -0.3 is 19.9 Å². The van der Waals surface area contributed by atoms with Gasteiger partial charge in [0.25, 0.3) is 0 Å². The number of amides is 1. The van der Waals surface area contributed by atoms with Crippen molar-refractivity contribution in [2.75, 3.05) is 6.61 Å². The van der Waals surface area contributed by atoms with Gasteiger partial charge in [-0.3, -0.25) is 9.59 Å². The molecule has 2 aromatic rings. The highest BCUT2D eigenvalue weighted by Crippen LogP contribution is 2.39. The Balaban J connectivity index is 1.61. The topological polar surface area (TPSA) is 102 Å². The van der Waals surface area contributed by atoms with E-state index in [1.165, 1.54) is 0 Å². The summed E-state index contributed by atoms with van der Waals surface area (Å²) in [6.07, 6.45) is 2.78. The van der Waals surface area contributed by atoms with Gasteiger partial charge in [0.15, 0.2) is 0 Å². The second-order valence-corrected chi connectivity index (χ2v) is 9.43. The summed E-state index contributed by atoms with van der Waals surface area (Å²) in [5, 5.41) is 12.8. The molecule has 2 aromatic carbocycles. The van der Waals surface area contributed by atoms with E-state index in [9.17, 15) is 19.5 Å². The van der Waals surface area contributed by atoms with Crippen molar-refractivity contribution in [1.29, 1.82) is 0 Å². The van der Waals surface area contributed by atoms with Gasteiger partial charge in [-0.2, -0.15) is 0 Å². The molecule has 1 atom stereocenters. The Morgan fingerprint density at radius 2 is 1.49 bits per heavy atom. The molecule has 1 saturated carbocycles. The predicted octanol–water partition coefficient (Wildman–Crippen LogP) is 3.93. The molecule has 0 heterocycles. The zero-order valence-electron chi connectivity index (χ0n) is 20.3.